The quantitative estimate of drug-likeness (QED) is 0.321. The number of nitriles is 1. The molecule has 1 aromatic heterocycles. The van der Waals surface area contributed by atoms with Gasteiger partial charge < -0.3 is 19.4 Å². The van der Waals surface area contributed by atoms with Crippen LogP contribution in [0.4, 0.5) is 5.69 Å². The van der Waals surface area contributed by atoms with Gasteiger partial charge in [-0.3, -0.25) is 4.79 Å². The molecular formula is C26H25N3O4. The largest absolute Gasteiger partial charge is 0.497 e. The third kappa shape index (κ3) is 5.31. The third-order valence-corrected chi connectivity index (χ3v) is 5.10. The fourth-order valence-electron chi connectivity index (χ4n) is 3.49. The summed E-state index contributed by atoms with van der Waals surface area (Å²) >= 11 is 0. The van der Waals surface area contributed by atoms with Gasteiger partial charge in [0, 0.05) is 28.8 Å². The first kappa shape index (κ1) is 23.4. The standard InChI is InChI=1S/C26H25N3O4/c1-5-33-26(31)19-9-11-22(12-10-19)28-25(30)21(16-27)14-20-13-17(2)29(18(20)3)23-7-6-8-24(15-23)32-4/h6-15H,5H2,1-4H3,(H,28,30)/b21-14-. The molecule has 2 aromatic carbocycles. The van der Waals surface area contributed by atoms with Crippen molar-refractivity contribution in [2.75, 3.05) is 19.0 Å². The zero-order valence-electron chi connectivity index (χ0n) is 19.0. The van der Waals surface area contributed by atoms with Gasteiger partial charge in [-0.2, -0.15) is 5.26 Å². The Labute approximate surface area is 192 Å². The lowest BCUT2D eigenvalue weighted by molar-refractivity contribution is -0.112. The number of hydrogen-bond donors (Lipinski definition) is 1. The highest BCUT2D eigenvalue weighted by molar-refractivity contribution is 6.09. The molecule has 3 aromatic rings. The van der Waals surface area contributed by atoms with E-state index in [9.17, 15) is 14.9 Å². The number of aryl methyl sites for hydroxylation is 1. The molecule has 0 radical (unpaired) electrons. The lowest BCUT2D eigenvalue weighted by Gasteiger charge is -2.11. The number of esters is 1. The zero-order valence-corrected chi connectivity index (χ0v) is 19.0. The van der Waals surface area contributed by atoms with Crippen LogP contribution in [-0.2, 0) is 9.53 Å². The Morgan fingerprint density at radius 2 is 1.85 bits per heavy atom. The van der Waals surface area contributed by atoms with Crippen molar-refractivity contribution in [3.8, 4) is 17.5 Å². The summed E-state index contributed by atoms with van der Waals surface area (Å²) in [6.45, 7) is 5.91. The van der Waals surface area contributed by atoms with Crippen LogP contribution in [-0.4, -0.2) is 30.2 Å². The normalized spacial score (nSPS) is 10.9. The molecule has 0 saturated carbocycles. The number of nitrogens with one attached hydrogen (secondary N) is 1. The van der Waals surface area contributed by atoms with E-state index < -0.39 is 11.9 Å². The van der Waals surface area contributed by atoms with Crippen LogP contribution < -0.4 is 10.1 Å². The van der Waals surface area contributed by atoms with Crippen LogP contribution in [0, 0.1) is 25.2 Å². The Bertz CT molecular complexity index is 1250. The van der Waals surface area contributed by atoms with Crippen molar-refractivity contribution in [2.24, 2.45) is 0 Å². The zero-order chi connectivity index (χ0) is 24.0. The van der Waals surface area contributed by atoms with Gasteiger partial charge in [0.05, 0.1) is 19.3 Å². The predicted molar refractivity (Wildman–Crippen MR) is 126 cm³/mol. The molecule has 0 aliphatic heterocycles. The Morgan fingerprint density at radius 1 is 1.12 bits per heavy atom. The van der Waals surface area contributed by atoms with Gasteiger partial charge in [0.25, 0.3) is 5.91 Å². The van der Waals surface area contributed by atoms with Crippen molar-refractivity contribution >= 4 is 23.6 Å². The van der Waals surface area contributed by atoms with E-state index in [0.29, 0.717) is 11.3 Å². The van der Waals surface area contributed by atoms with Gasteiger partial charge in [0.15, 0.2) is 0 Å². The van der Waals surface area contributed by atoms with E-state index in [4.69, 9.17) is 9.47 Å². The number of aromatic nitrogens is 1. The van der Waals surface area contributed by atoms with Crippen LogP contribution in [0.15, 0.2) is 60.2 Å². The fraction of sp³-hybridized carbons (Fsp3) is 0.192. The van der Waals surface area contributed by atoms with E-state index in [0.717, 1.165) is 28.4 Å². The third-order valence-electron chi connectivity index (χ3n) is 5.10. The van der Waals surface area contributed by atoms with Crippen molar-refractivity contribution in [3.05, 3.63) is 82.7 Å². The van der Waals surface area contributed by atoms with Crippen molar-refractivity contribution < 1.29 is 19.1 Å². The maximum atomic E-state index is 12.7. The number of hydrogen-bond acceptors (Lipinski definition) is 5. The highest BCUT2D eigenvalue weighted by Crippen LogP contribution is 2.25. The van der Waals surface area contributed by atoms with Gasteiger partial charge >= 0.3 is 5.97 Å². The Hall–Kier alpha value is -4.31. The number of benzene rings is 2. The summed E-state index contributed by atoms with van der Waals surface area (Å²) in [5.74, 6) is -0.227. The van der Waals surface area contributed by atoms with Gasteiger partial charge in [0.1, 0.15) is 17.4 Å². The Kier molecular flexibility index (Phi) is 7.31. The first-order valence-corrected chi connectivity index (χ1v) is 10.4. The molecule has 0 atom stereocenters. The Balaban J connectivity index is 1.84. The van der Waals surface area contributed by atoms with E-state index in [2.05, 4.69) is 5.32 Å². The van der Waals surface area contributed by atoms with Crippen LogP contribution >= 0.6 is 0 Å². The maximum absolute atomic E-state index is 12.7. The number of anilines is 1. The second-order valence-corrected chi connectivity index (χ2v) is 7.29. The Morgan fingerprint density at radius 3 is 2.48 bits per heavy atom. The molecule has 33 heavy (non-hydrogen) atoms. The maximum Gasteiger partial charge on any atom is 0.338 e. The number of amides is 1. The first-order chi connectivity index (χ1) is 15.9. The lowest BCUT2D eigenvalue weighted by atomic mass is 10.1. The SMILES string of the molecule is CCOC(=O)c1ccc(NC(=O)/C(C#N)=C\c2cc(C)n(-c3cccc(OC)c3)c2C)cc1. The van der Waals surface area contributed by atoms with Gasteiger partial charge in [-0.15, -0.1) is 0 Å². The van der Waals surface area contributed by atoms with E-state index in [-0.39, 0.29) is 12.2 Å². The fourth-order valence-corrected chi connectivity index (χ4v) is 3.49. The summed E-state index contributed by atoms with van der Waals surface area (Å²) < 4.78 is 12.3. The van der Waals surface area contributed by atoms with Crippen molar-refractivity contribution in [2.45, 2.75) is 20.8 Å². The number of methoxy groups -OCH3 is 1. The molecule has 7 nitrogen and oxygen atoms in total. The van der Waals surface area contributed by atoms with Gasteiger partial charge in [-0.25, -0.2) is 4.79 Å². The minimum atomic E-state index is -0.535. The van der Waals surface area contributed by atoms with Crippen LogP contribution in [0.3, 0.4) is 0 Å². The summed E-state index contributed by atoms with van der Waals surface area (Å²) in [6.07, 6.45) is 1.57. The molecule has 3 rings (SSSR count). The molecule has 1 N–H and O–H groups in total. The summed E-state index contributed by atoms with van der Waals surface area (Å²) in [5, 5.41) is 12.3. The van der Waals surface area contributed by atoms with Crippen molar-refractivity contribution in [1.82, 2.24) is 4.57 Å². The topological polar surface area (TPSA) is 93.4 Å². The molecular weight excluding hydrogens is 418 g/mol. The van der Waals surface area contributed by atoms with E-state index >= 15 is 0 Å². The molecule has 0 bridgehead atoms. The highest BCUT2D eigenvalue weighted by Gasteiger charge is 2.15. The monoisotopic (exact) mass is 443 g/mol. The second-order valence-electron chi connectivity index (χ2n) is 7.29. The van der Waals surface area contributed by atoms with Crippen LogP contribution in [0.5, 0.6) is 5.75 Å². The van der Waals surface area contributed by atoms with E-state index in [1.807, 2.05) is 54.8 Å². The molecule has 0 saturated heterocycles. The molecule has 7 heteroatoms. The average molecular weight is 444 g/mol. The molecule has 0 aliphatic carbocycles. The lowest BCUT2D eigenvalue weighted by Crippen LogP contribution is -2.13. The highest BCUT2D eigenvalue weighted by atomic mass is 16.5. The molecule has 0 aliphatic rings. The summed E-state index contributed by atoms with van der Waals surface area (Å²) in [4.78, 5) is 24.5. The first-order valence-electron chi connectivity index (χ1n) is 10.4. The number of carbonyl (C=O) groups is 2. The van der Waals surface area contributed by atoms with Crippen LogP contribution in [0.1, 0.15) is 34.2 Å². The van der Waals surface area contributed by atoms with E-state index in [1.54, 1.807) is 44.4 Å². The molecule has 168 valence electrons. The summed E-state index contributed by atoms with van der Waals surface area (Å²) in [7, 11) is 1.62. The van der Waals surface area contributed by atoms with Gasteiger partial charge in [0.2, 0.25) is 0 Å². The number of rotatable bonds is 7. The van der Waals surface area contributed by atoms with Gasteiger partial charge in [-0.1, -0.05) is 6.07 Å². The van der Waals surface area contributed by atoms with Crippen LogP contribution in [0.2, 0.25) is 0 Å². The molecule has 0 spiro atoms. The smallest absolute Gasteiger partial charge is 0.338 e. The predicted octanol–water partition coefficient (Wildman–Crippen LogP) is 4.83. The van der Waals surface area contributed by atoms with Gasteiger partial charge in [-0.05, 0) is 74.9 Å². The summed E-state index contributed by atoms with van der Waals surface area (Å²) in [6, 6.07) is 17.9. The second kappa shape index (κ2) is 10.3. The summed E-state index contributed by atoms with van der Waals surface area (Å²) in [5.41, 5.74) is 4.36. The molecule has 0 unspecified atom stereocenters. The number of ether oxygens (including phenoxy) is 2. The minimum Gasteiger partial charge on any atom is -0.497 e. The van der Waals surface area contributed by atoms with Crippen LogP contribution in [0.25, 0.3) is 11.8 Å². The number of carbonyl (C=O) groups excluding carboxylic acids is 2. The van der Waals surface area contributed by atoms with Crippen molar-refractivity contribution in [1.29, 1.82) is 5.26 Å². The van der Waals surface area contributed by atoms with E-state index in [1.165, 1.54) is 0 Å². The number of nitrogens with zero attached hydrogens (tertiary/aromatic N) is 2. The molecule has 1 amide bonds. The molecule has 0 fully saturated rings. The minimum absolute atomic E-state index is 0.0321. The average Bonchev–Trinajstić information content (AvgIpc) is 3.10. The molecule has 1 heterocycles. The van der Waals surface area contributed by atoms with Crippen molar-refractivity contribution in [3.63, 3.8) is 0 Å².